The normalized spacial score (nSPS) is 11.3. The molecule has 1 N–H and O–H groups in total. The minimum Gasteiger partial charge on any atom is -0.481 e. The summed E-state index contributed by atoms with van der Waals surface area (Å²) in [4.78, 5) is 12.0. The molecule has 0 spiro atoms. The molecule has 0 saturated carbocycles. The number of hydrogen-bond acceptors (Lipinski definition) is 3. The average Bonchev–Trinajstić information content (AvgIpc) is 2.48. The first kappa shape index (κ1) is 14.9. The van der Waals surface area contributed by atoms with Crippen LogP contribution in [0.5, 0.6) is 5.75 Å². The van der Waals surface area contributed by atoms with Crippen LogP contribution in [0, 0.1) is 11.3 Å². The van der Waals surface area contributed by atoms with E-state index in [9.17, 15) is 4.79 Å². The highest BCUT2D eigenvalue weighted by molar-refractivity contribution is 6.30. The first-order chi connectivity index (χ1) is 10.1. The van der Waals surface area contributed by atoms with E-state index >= 15 is 0 Å². The quantitative estimate of drug-likeness (QED) is 0.938. The molecule has 0 aliphatic carbocycles. The van der Waals surface area contributed by atoms with E-state index < -0.39 is 6.10 Å². The second-order valence-corrected chi connectivity index (χ2v) is 4.83. The van der Waals surface area contributed by atoms with Crippen molar-refractivity contribution in [1.29, 1.82) is 5.26 Å². The Hall–Kier alpha value is -2.51. The zero-order valence-corrected chi connectivity index (χ0v) is 12.1. The number of carbonyl (C=O) groups excluding carboxylic acids is 1. The number of ether oxygens (including phenoxy) is 1. The van der Waals surface area contributed by atoms with Gasteiger partial charge in [0, 0.05) is 10.7 Å². The van der Waals surface area contributed by atoms with Gasteiger partial charge >= 0.3 is 0 Å². The van der Waals surface area contributed by atoms with Crippen molar-refractivity contribution >= 4 is 23.2 Å². The summed E-state index contributed by atoms with van der Waals surface area (Å²) in [5.74, 6) is 0.254. The smallest absolute Gasteiger partial charge is 0.265 e. The second kappa shape index (κ2) is 6.78. The Morgan fingerprint density at radius 2 is 2.00 bits per heavy atom. The van der Waals surface area contributed by atoms with Crippen LogP contribution >= 0.6 is 11.6 Å². The van der Waals surface area contributed by atoms with E-state index in [1.807, 2.05) is 6.07 Å². The summed E-state index contributed by atoms with van der Waals surface area (Å²) in [5.41, 5.74) is 1.15. The lowest BCUT2D eigenvalue weighted by molar-refractivity contribution is -0.122. The van der Waals surface area contributed by atoms with Gasteiger partial charge in [-0.05, 0) is 49.4 Å². The van der Waals surface area contributed by atoms with Gasteiger partial charge in [-0.15, -0.1) is 0 Å². The van der Waals surface area contributed by atoms with Crippen LogP contribution in [0.1, 0.15) is 12.5 Å². The van der Waals surface area contributed by atoms with Crippen LogP contribution in [0.4, 0.5) is 5.69 Å². The van der Waals surface area contributed by atoms with Gasteiger partial charge in [-0.1, -0.05) is 17.7 Å². The predicted molar refractivity (Wildman–Crippen MR) is 81.3 cm³/mol. The van der Waals surface area contributed by atoms with Gasteiger partial charge in [0.25, 0.3) is 5.91 Å². The summed E-state index contributed by atoms with van der Waals surface area (Å²) >= 11 is 5.86. The van der Waals surface area contributed by atoms with Gasteiger partial charge < -0.3 is 10.1 Å². The number of carbonyl (C=O) groups is 1. The highest BCUT2D eigenvalue weighted by Crippen LogP contribution is 2.17. The molecule has 21 heavy (non-hydrogen) atoms. The molecule has 2 aromatic carbocycles. The maximum Gasteiger partial charge on any atom is 0.265 e. The Balaban J connectivity index is 1.97. The molecular weight excluding hydrogens is 288 g/mol. The third-order valence-corrected chi connectivity index (χ3v) is 2.99. The Labute approximate surface area is 127 Å². The van der Waals surface area contributed by atoms with E-state index in [1.54, 1.807) is 55.5 Å². The summed E-state index contributed by atoms with van der Waals surface area (Å²) in [6.07, 6.45) is -0.670. The highest BCUT2D eigenvalue weighted by atomic mass is 35.5. The molecule has 0 aliphatic heterocycles. The molecule has 0 radical (unpaired) electrons. The molecule has 5 heteroatoms. The first-order valence-electron chi connectivity index (χ1n) is 6.32. The Bertz CT molecular complexity index is 677. The number of nitrogens with zero attached hydrogens (tertiary/aromatic N) is 1. The minimum absolute atomic E-state index is 0.276. The topological polar surface area (TPSA) is 62.1 Å². The molecule has 2 aromatic rings. The van der Waals surface area contributed by atoms with Crippen LogP contribution < -0.4 is 10.1 Å². The molecule has 2 rings (SSSR count). The van der Waals surface area contributed by atoms with Crippen LogP contribution in [0.25, 0.3) is 0 Å². The maximum atomic E-state index is 12.0. The molecule has 1 amide bonds. The molecule has 0 saturated heterocycles. The molecule has 0 bridgehead atoms. The van der Waals surface area contributed by atoms with Crippen molar-refractivity contribution in [1.82, 2.24) is 0 Å². The van der Waals surface area contributed by atoms with Gasteiger partial charge in [-0.3, -0.25) is 4.79 Å². The number of nitrogens with one attached hydrogen (secondary N) is 1. The van der Waals surface area contributed by atoms with Crippen molar-refractivity contribution in [3.8, 4) is 11.8 Å². The molecule has 0 fully saturated rings. The first-order valence-corrected chi connectivity index (χ1v) is 6.69. The minimum atomic E-state index is -0.670. The van der Waals surface area contributed by atoms with E-state index in [1.165, 1.54) is 0 Å². The van der Waals surface area contributed by atoms with Crippen LogP contribution in [-0.2, 0) is 4.79 Å². The molecule has 0 heterocycles. The Morgan fingerprint density at radius 1 is 1.29 bits per heavy atom. The van der Waals surface area contributed by atoms with Gasteiger partial charge in [-0.2, -0.15) is 5.26 Å². The third-order valence-electron chi connectivity index (χ3n) is 2.76. The number of nitriles is 1. The van der Waals surface area contributed by atoms with Crippen LogP contribution in [0.3, 0.4) is 0 Å². The van der Waals surface area contributed by atoms with Gasteiger partial charge in [0.2, 0.25) is 0 Å². The zero-order valence-electron chi connectivity index (χ0n) is 11.3. The monoisotopic (exact) mass is 300 g/mol. The largest absolute Gasteiger partial charge is 0.481 e. The van der Waals surface area contributed by atoms with E-state index in [0.29, 0.717) is 22.0 Å². The van der Waals surface area contributed by atoms with Crippen molar-refractivity contribution in [2.45, 2.75) is 13.0 Å². The summed E-state index contributed by atoms with van der Waals surface area (Å²) in [6.45, 7) is 1.65. The number of anilines is 1. The average molecular weight is 301 g/mol. The summed E-state index contributed by atoms with van der Waals surface area (Å²) in [6, 6.07) is 15.5. The number of amides is 1. The predicted octanol–water partition coefficient (Wildman–Crippen LogP) is 3.62. The van der Waals surface area contributed by atoms with Crippen LogP contribution in [-0.4, -0.2) is 12.0 Å². The fraction of sp³-hybridized carbons (Fsp3) is 0.125. The van der Waals surface area contributed by atoms with E-state index in [4.69, 9.17) is 21.6 Å². The summed E-state index contributed by atoms with van der Waals surface area (Å²) in [7, 11) is 0. The lowest BCUT2D eigenvalue weighted by atomic mass is 10.2. The fourth-order valence-corrected chi connectivity index (χ4v) is 1.87. The van der Waals surface area contributed by atoms with E-state index in [-0.39, 0.29) is 5.91 Å². The highest BCUT2D eigenvalue weighted by Gasteiger charge is 2.14. The number of hydrogen-bond donors (Lipinski definition) is 1. The Morgan fingerprint density at radius 3 is 2.62 bits per heavy atom. The number of benzene rings is 2. The maximum absolute atomic E-state index is 12.0. The van der Waals surface area contributed by atoms with Gasteiger partial charge in [0.1, 0.15) is 5.75 Å². The van der Waals surface area contributed by atoms with Crippen molar-refractivity contribution < 1.29 is 9.53 Å². The standard InChI is InChI=1S/C16H13ClN2O2/c1-11(21-15-7-5-12(10-18)6-8-15)16(20)19-14-4-2-3-13(17)9-14/h2-9,11H,1H3,(H,19,20)/t11-/m1/s1. The van der Waals surface area contributed by atoms with Gasteiger partial charge in [0.05, 0.1) is 11.6 Å². The molecule has 4 nitrogen and oxygen atoms in total. The van der Waals surface area contributed by atoms with Crippen LogP contribution in [0.2, 0.25) is 5.02 Å². The van der Waals surface area contributed by atoms with Crippen molar-refractivity contribution in [2.75, 3.05) is 5.32 Å². The number of halogens is 1. The molecule has 1 atom stereocenters. The third kappa shape index (κ3) is 4.23. The fourth-order valence-electron chi connectivity index (χ4n) is 1.68. The van der Waals surface area contributed by atoms with E-state index in [0.717, 1.165) is 0 Å². The molecular formula is C16H13ClN2O2. The van der Waals surface area contributed by atoms with Crippen LogP contribution in [0.15, 0.2) is 48.5 Å². The van der Waals surface area contributed by atoms with Gasteiger partial charge in [-0.25, -0.2) is 0 Å². The molecule has 0 aromatic heterocycles. The molecule has 0 aliphatic rings. The lowest BCUT2D eigenvalue weighted by Gasteiger charge is -2.14. The summed E-state index contributed by atoms with van der Waals surface area (Å²) in [5, 5.41) is 12.0. The molecule has 0 unspecified atom stereocenters. The van der Waals surface area contributed by atoms with Crippen molar-refractivity contribution in [2.24, 2.45) is 0 Å². The van der Waals surface area contributed by atoms with Gasteiger partial charge in [0.15, 0.2) is 6.10 Å². The molecule has 106 valence electrons. The zero-order chi connectivity index (χ0) is 15.2. The lowest BCUT2D eigenvalue weighted by Crippen LogP contribution is -2.30. The SMILES string of the molecule is C[C@@H](Oc1ccc(C#N)cc1)C(=O)Nc1cccc(Cl)c1. The second-order valence-electron chi connectivity index (χ2n) is 4.40. The van der Waals surface area contributed by atoms with Crippen molar-refractivity contribution in [3.05, 3.63) is 59.1 Å². The Kier molecular flexibility index (Phi) is 4.81. The van der Waals surface area contributed by atoms with E-state index in [2.05, 4.69) is 5.32 Å². The van der Waals surface area contributed by atoms with Crippen molar-refractivity contribution in [3.63, 3.8) is 0 Å². The number of rotatable bonds is 4. The summed E-state index contributed by atoms with van der Waals surface area (Å²) < 4.78 is 5.52.